The highest BCUT2D eigenvalue weighted by atomic mass is 32.2. The molecular weight excluding hydrogens is 376 g/mol. The van der Waals surface area contributed by atoms with E-state index >= 15 is 0 Å². The highest BCUT2D eigenvalue weighted by Crippen LogP contribution is 2.39. The number of benzene rings is 1. The van der Waals surface area contributed by atoms with Crippen molar-refractivity contribution in [1.29, 1.82) is 0 Å². The van der Waals surface area contributed by atoms with Crippen molar-refractivity contribution in [2.45, 2.75) is 12.1 Å². The van der Waals surface area contributed by atoms with E-state index in [4.69, 9.17) is 0 Å². The lowest BCUT2D eigenvalue weighted by Gasteiger charge is -2.11. The quantitative estimate of drug-likeness (QED) is 0.616. The SMILES string of the molecule is CSC1=CC=C(c2c(-c3ccc(F)cc3)nc(C(F)(F)P)n2C)C=CC1. The molecule has 1 aliphatic carbocycles. The second-order valence-corrected chi connectivity index (χ2v) is 7.54. The molecule has 0 N–H and O–H groups in total. The number of halogens is 3. The Kier molecular flexibility index (Phi) is 5.44. The van der Waals surface area contributed by atoms with Gasteiger partial charge in [0.05, 0.1) is 11.4 Å². The van der Waals surface area contributed by atoms with Crippen LogP contribution in [-0.4, -0.2) is 15.8 Å². The third-order valence-electron chi connectivity index (χ3n) is 4.11. The first-order valence-electron chi connectivity index (χ1n) is 7.93. The summed E-state index contributed by atoms with van der Waals surface area (Å²) in [7, 11) is 3.10. The third-order valence-corrected chi connectivity index (χ3v) is 5.20. The second-order valence-electron chi connectivity index (χ2n) is 5.89. The van der Waals surface area contributed by atoms with E-state index in [0.29, 0.717) is 17.0 Å². The predicted molar refractivity (Wildman–Crippen MR) is 106 cm³/mol. The van der Waals surface area contributed by atoms with Crippen LogP contribution >= 0.6 is 21.0 Å². The Morgan fingerprint density at radius 2 is 1.88 bits per heavy atom. The molecule has 1 aromatic heterocycles. The first kappa shape index (κ1) is 19.0. The van der Waals surface area contributed by atoms with Crippen molar-refractivity contribution in [3.05, 3.63) is 70.8 Å². The van der Waals surface area contributed by atoms with Crippen LogP contribution in [0.25, 0.3) is 16.8 Å². The van der Waals surface area contributed by atoms with Gasteiger partial charge in [-0.2, -0.15) is 8.78 Å². The van der Waals surface area contributed by atoms with Crippen LogP contribution in [0.2, 0.25) is 0 Å². The summed E-state index contributed by atoms with van der Waals surface area (Å²) in [5, 5.41) is 0. The van der Waals surface area contributed by atoms with Gasteiger partial charge in [-0.05, 0) is 41.8 Å². The van der Waals surface area contributed by atoms with Gasteiger partial charge in [-0.15, -0.1) is 11.8 Å². The molecule has 1 heterocycles. The van der Waals surface area contributed by atoms with Crippen molar-refractivity contribution in [3.8, 4) is 11.3 Å². The molecule has 0 saturated carbocycles. The minimum absolute atomic E-state index is 0.357. The molecule has 1 aromatic carbocycles. The van der Waals surface area contributed by atoms with E-state index in [9.17, 15) is 13.2 Å². The third kappa shape index (κ3) is 3.81. The van der Waals surface area contributed by atoms with E-state index in [0.717, 1.165) is 12.0 Å². The molecule has 0 saturated heterocycles. The lowest BCUT2D eigenvalue weighted by atomic mass is 10.0. The Balaban J connectivity index is 2.23. The summed E-state index contributed by atoms with van der Waals surface area (Å²) in [6, 6.07) is 5.71. The molecule has 3 rings (SSSR count). The molecule has 0 aliphatic heterocycles. The zero-order valence-electron chi connectivity index (χ0n) is 14.3. The highest BCUT2D eigenvalue weighted by molar-refractivity contribution is 8.02. The van der Waals surface area contributed by atoms with Gasteiger partial charge in [-0.3, -0.25) is 0 Å². The second kappa shape index (κ2) is 7.45. The Hall–Kier alpha value is -1.78. The molecule has 0 bridgehead atoms. The number of rotatable bonds is 4. The van der Waals surface area contributed by atoms with E-state index in [-0.39, 0.29) is 11.6 Å². The molecule has 7 heteroatoms. The molecule has 1 aliphatic rings. The molecule has 0 fully saturated rings. The summed E-state index contributed by atoms with van der Waals surface area (Å²) < 4.78 is 42.7. The highest BCUT2D eigenvalue weighted by Gasteiger charge is 2.33. The normalized spacial score (nSPS) is 14.8. The fourth-order valence-corrected chi connectivity index (χ4v) is 3.58. The Bertz CT molecular complexity index is 906. The molecular formula is C19H18F3N2PS. The zero-order chi connectivity index (χ0) is 18.9. The summed E-state index contributed by atoms with van der Waals surface area (Å²) in [5.74, 6) is -0.742. The summed E-state index contributed by atoms with van der Waals surface area (Å²) >= 11 is 1.65. The van der Waals surface area contributed by atoms with Gasteiger partial charge >= 0.3 is 5.66 Å². The lowest BCUT2D eigenvalue weighted by molar-refractivity contribution is 0.0898. The summed E-state index contributed by atoms with van der Waals surface area (Å²) in [4.78, 5) is 5.37. The summed E-state index contributed by atoms with van der Waals surface area (Å²) in [5.41, 5.74) is -0.823. The first-order chi connectivity index (χ1) is 12.3. The van der Waals surface area contributed by atoms with Crippen LogP contribution < -0.4 is 0 Å². The number of thioether (sulfide) groups is 1. The monoisotopic (exact) mass is 394 g/mol. The topological polar surface area (TPSA) is 17.8 Å². The van der Waals surface area contributed by atoms with Crippen molar-refractivity contribution in [3.63, 3.8) is 0 Å². The molecule has 0 spiro atoms. The van der Waals surface area contributed by atoms with E-state index in [2.05, 4.69) is 4.98 Å². The van der Waals surface area contributed by atoms with E-state index in [1.807, 2.05) is 30.6 Å². The van der Waals surface area contributed by atoms with Gasteiger partial charge in [0.2, 0.25) is 0 Å². The minimum Gasteiger partial charge on any atom is -0.325 e. The smallest absolute Gasteiger partial charge is 0.315 e. The van der Waals surface area contributed by atoms with Crippen molar-refractivity contribution < 1.29 is 13.2 Å². The van der Waals surface area contributed by atoms with Crippen LogP contribution in [0.5, 0.6) is 0 Å². The lowest BCUT2D eigenvalue weighted by Crippen LogP contribution is -2.11. The molecule has 136 valence electrons. The summed E-state index contributed by atoms with van der Waals surface area (Å²) in [6.45, 7) is 0. The average Bonchev–Trinajstić information content (AvgIpc) is 2.79. The molecule has 0 radical (unpaired) electrons. The number of hydrogen-bond donors (Lipinski definition) is 0. The number of aromatic nitrogens is 2. The van der Waals surface area contributed by atoms with Crippen molar-refractivity contribution in [2.24, 2.45) is 7.05 Å². The Morgan fingerprint density at radius 3 is 2.50 bits per heavy atom. The summed E-state index contributed by atoms with van der Waals surface area (Å²) in [6.07, 6.45) is 10.6. The first-order valence-corrected chi connectivity index (χ1v) is 9.73. The maximum absolute atomic E-state index is 14.0. The average molecular weight is 394 g/mol. The van der Waals surface area contributed by atoms with Crippen LogP contribution in [0.4, 0.5) is 13.2 Å². The van der Waals surface area contributed by atoms with Gasteiger partial charge in [0.15, 0.2) is 5.82 Å². The van der Waals surface area contributed by atoms with Gasteiger partial charge in [-0.1, -0.05) is 33.5 Å². The standard InChI is InChI=1S/C19H18F3N2PS/c1-24-17(13-4-3-5-15(26-2)11-8-13)16(23-18(24)19(21,22)25)12-6-9-14(20)10-7-12/h3-4,6-11H,5,25H2,1-2H3. The number of imidazole rings is 1. The molecule has 0 amide bonds. The van der Waals surface area contributed by atoms with Crippen molar-refractivity contribution in [1.82, 2.24) is 9.55 Å². The van der Waals surface area contributed by atoms with Crippen LogP contribution in [0.1, 0.15) is 17.9 Å². The van der Waals surface area contributed by atoms with Crippen molar-refractivity contribution in [2.75, 3.05) is 6.26 Å². The van der Waals surface area contributed by atoms with Crippen LogP contribution in [0.15, 0.2) is 53.5 Å². The van der Waals surface area contributed by atoms with Crippen molar-refractivity contribution >= 4 is 26.6 Å². The number of nitrogens with zero attached hydrogens (tertiary/aromatic N) is 2. The molecule has 1 atom stereocenters. The predicted octanol–water partition coefficient (Wildman–Crippen LogP) is 5.74. The number of hydrogen-bond acceptors (Lipinski definition) is 2. The Labute approximate surface area is 157 Å². The van der Waals surface area contributed by atoms with E-state index < -0.39 is 5.66 Å². The van der Waals surface area contributed by atoms with Crippen LogP contribution in [0, 0.1) is 5.82 Å². The maximum atomic E-state index is 14.0. The van der Waals surface area contributed by atoms with Gasteiger partial charge in [-0.25, -0.2) is 9.37 Å². The number of alkyl halides is 2. The minimum atomic E-state index is -3.17. The van der Waals surface area contributed by atoms with E-state index in [1.54, 1.807) is 30.9 Å². The van der Waals surface area contributed by atoms with E-state index in [1.165, 1.54) is 30.8 Å². The zero-order valence-corrected chi connectivity index (χ0v) is 16.3. The molecule has 26 heavy (non-hydrogen) atoms. The van der Waals surface area contributed by atoms with Crippen LogP contribution in [-0.2, 0) is 12.7 Å². The van der Waals surface area contributed by atoms with Gasteiger partial charge < -0.3 is 4.57 Å². The largest absolute Gasteiger partial charge is 0.325 e. The molecule has 2 nitrogen and oxygen atoms in total. The number of allylic oxidation sites excluding steroid dienone is 6. The fraction of sp³-hybridized carbons (Fsp3) is 0.211. The molecule has 1 unspecified atom stereocenters. The van der Waals surface area contributed by atoms with Gasteiger partial charge in [0.1, 0.15) is 5.82 Å². The molecule has 2 aromatic rings. The van der Waals surface area contributed by atoms with Gasteiger partial charge in [0.25, 0.3) is 0 Å². The van der Waals surface area contributed by atoms with Gasteiger partial charge in [0, 0.05) is 18.2 Å². The maximum Gasteiger partial charge on any atom is 0.315 e. The van der Waals surface area contributed by atoms with Crippen LogP contribution in [0.3, 0.4) is 0 Å². The fourth-order valence-electron chi connectivity index (χ4n) is 2.85. The Morgan fingerprint density at radius 1 is 1.19 bits per heavy atom.